The molecule has 2 rings (SSSR count). The van der Waals surface area contributed by atoms with Gasteiger partial charge in [-0.3, -0.25) is 4.90 Å². The third-order valence-electron chi connectivity index (χ3n) is 15.3. The van der Waals surface area contributed by atoms with Gasteiger partial charge in [-0.25, -0.2) is 0 Å². The number of allylic oxidation sites excluding steroid dienone is 17. The van der Waals surface area contributed by atoms with Crippen molar-refractivity contribution in [1.29, 1.82) is 0 Å². The molecule has 0 spiro atoms. The zero-order valence-corrected chi connectivity index (χ0v) is 56.0. The van der Waals surface area contributed by atoms with Crippen molar-refractivity contribution in [3.8, 4) is 46.0 Å². The van der Waals surface area contributed by atoms with Crippen molar-refractivity contribution >= 4 is 12.4 Å². The van der Waals surface area contributed by atoms with Gasteiger partial charge in [-0.05, 0) is 186 Å². The Morgan fingerprint density at radius 1 is 0.341 bits per heavy atom. The van der Waals surface area contributed by atoms with Crippen molar-refractivity contribution in [1.82, 2.24) is 10.2 Å². The minimum absolute atomic E-state index is 0. The molecule has 0 aliphatic rings. The van der Waals surface area contributed by atoms with E-state index < -0.39 is 0 Å². The highest BCUT2D eigenvalue weighted by Gasteiger charge is 2.28. The van der Waals surface area contributed by atoms with Gasteiger partial charge in [0.25, 0.3) is 0 Å². The van der Waals surface area contributed by atoms with Crippen LogP contribution in [0.1, 0.15) is 194 Å². The Hall–Kier alpha value is -5.29. The van der Waals surface area contributed by atoms with E-state index in [0.717, 1.165) is 125 Å². The average Bonchev–Trinajstić information content (AvgIpc) is 3.57. The Balaban J connectivity index is 0.0000336. The standard InChI is InChI=1S/C71H112N2O8.ClH/c1-51(2)29-21-30-52(3)31-22-32-53(4)33-23-34-54(5)35-24-36-55(6)37-25-38-56(7)39-26-40-57(8)41-27-42-58(9)43-28-44-59(10)45-47-73(50-63-61(12)65(75-14)69(79-18)71(81-20)67(63)77-16)48-46-72-49-62-60(11)64(74-13)68(78-17)70(80-19)66(62)76-15;/h29,31,33,35,37,39,41,43,45,72H,21-28,30,32,34,36,38,40,42,44,46-50H2,1-20H3;1H/b52-31+,53-33+,54-35+,55-37+,56-39+,57-41+,58-43+,59-45+;. The lowest BCUT2D eigenvalue weighted by atomic mass is 10.0. The van der Waals surface area contributed by atoms with Gasteiger partial charge in [0.1, 0.15) is 0 Å². The summed E-state index contributed by atoms with van der Waals surface area (Å²) in [4.78, 5) is 2.41. The van der Waals surface area contributed by atoms with Gasteiger partial charge in [0.2, 0.25) is 23.0 Å². The topological polar surface area (TPSA) is 89.1 Å². The quantitative estimate of drug-likeness (QED) is 0.0513. The van der Waals surface area contributed by atoms with Gasteiger partial charge in [0.05, 0.1) is 56.9 Å². The number of nitrogens with zero attached hydrogens (tertiary/aromatic N) is 1. The first-order valence-corrected chi connectivity index (χ1v) is 29.9. The van der Waals surface area contributed by atoms with E-state index in [0.29, 0.717) is 65.6 Å². The predicted molar refractivity (Wildman–Crippen MR) is 352 cm³/mol. The first-order valence-electron chi connectivity index (χ1n) is 29.9. The minimum Gasteiger partial charge on any atom is -0.492 e. The molecular weight excluding hydrogens is 1040 g/mol. The number of methoxy groups -OCH3 is 8. The zero-order valence-electron chi connectivity index (χ0n) is 55.2. The number of nitrogens with one attached hydrogen (secondary N) is 1. The highest BCUT2D eigenvalue weighted by Crippen LogP contribution is 2.51. The summed E-state index contributed by atoms with van der Waals surface area (Å²) in [5.74, 6) is 4.54. The predicted octanol–water partition coefficient (Wildman–Crippen LogP) is 19.2. The van der Waals surface area contributed by atoms with Crippen molar-refractivity contribution in [3.63, 3.8) is 0 Å². The summed E-state index contributed by atoms with van der Waals surface area (Å²) in [6, 6.07) is 0. The Morgan fingerprint density at radius 2 is 0.598 bits per heavy atom. The smallest absolute Gasteiger partial charge is 0.207 e. The molecule has 82 heavy (non-hydrogen) atoms. The lowest BCUT2D eigenvalue weighted by molar-refractivity contribution is 0.273. The van der Waals surface area contributed by atoms with E-state index in [1.807, 2.05) is 13.8 Å². The maximum Gasteiger partial charge on any atom is 0.207 e. The molecular formula is C71H113ClN2O8. The molecule has 2 aromatic rings. The number of ether oxygens (including phenoxy) is 8. The van der Waals surface area contributed by atoms with Gasteiger partial charge < -0.3 is 43.2 Å². The molecule has 0 aliphatic carbocycles. The molecule has 0 unspecified atom stereocenters. The third kappa shape index (κ3) is 27.0. The second-order valence-electron chi connectivity index (χ2n) is 22.4. The molecule has 0 radical (unpaired) electrons. The highest BCUT2D eigenvalue weighted by atomic mass is 35.5. The number of benzene rings is 2. The second kappa shape index (κ2) is 42.5. The fraction of sp³-hybridized carbons (Fsp3) is 0.577. The van der Waals surface area contributed by atoms with E-state index in [4.69, 9.17) is 37.9 Å². The monoisotopic (exact) mass is 1160 g/mol. The fourth-order valence-corrected chi connectivity index (χ4v) is 10.1. The summed E-state index contributed by atoms with van der Waals surface area (Å²) >= 11 is 0. The third-order valence-corrected chi connectivity index (χ3v) is 15.3. The summed E-state index contributed by atoms with van der Waals surface area (Å²) < 4.78 is 46.6. The first kappa shape index (κ1) is 74.7. The van der Waals surface area contributed by atoms with Crippen LogP contribution in [0.2, 0.25) is 0 Å². The van der Waals surface area contributed by atoms with E-state index in [9.17, 15) is 0 Å². The summed E-state index contributed by atoms with van der Waals surface area (Å²) in [6.07, 6.45) is 39.7. The molecule has 0 bridgehead atoms. The Morgan fingerprint density at radius 3 is 0.890 bits per heavy atom. The molecule has 0 saturated heterocycles. The SMILES string of the molecule is COc1c(C)c(CNCCN(C/C=C(\C)CC/C=C(\C)CC/C=C(\C)CC/C=C(\C)CC/C=C(\C)CC/C=C(\C)CC/C=C(\C)CC/C=C(\C)CCC=C(C)C)Cc2c(C)c(OC)c(OC)c(OC)c2OC)c(OC)c(OC)c1OC.Cl. The zero-order chi connectivity index (χ0) is 60.3. The number of rotatable bonds is 41. The largest absolute Gasteiger partial charge is 0.492 e. The Bertz CT molecular complexity index is 2520. The maximum atomic E-state index is 6.01. The molecule has 1 N–H and O–H groups in total. The van der Waals surface area contributed by atoms with Crippen LogP contribution < -0.4 is 43.2 Å². The van der Waals surface area contributed by atoms with Crippen molar-refractivity contribution in [2.45, 2.75) is 199 Å². The maximum absolute atomic E-state index is 6.01. The minimum atomic E-state index is 0. The number of halogens is 1. The van der Waals surface area contributed by atoms with Crippen molar-refractivity contribution in [2.75, 3.05) is 76.5 Å². The van der Waals surface area contributed by atoms with Crippen LogP contribution in [0.15, 0.2) is 105 Å². The molecule has 0 amide bonds. The van der Waals surface area contributed by atoms with E-state index in [-0.39, 0.29) is 12.4 Å². The summed E-state index contributed by atoms with van der Waals surface area (Å²) in [5, 5.41) is 3.67. The molecule has 0 fully saturated rings. The van der Waals surface area contributed by atoms with Crippen LogP contribution in [0, 0.1) is 13.8 Å². The molecule has 0 aliphatic heterocycles. The summed E-state index contributed by atoms with van der Waals surface area (Å²) in [5.41, 5.74) is 17.0. The molecule has 2 aromatic carbocycles. The Labute approximate surface area is 506 Å². The molecule has 10 nitrogen and oxygen atoms in total. The van der Waals surface area contributed by atoms with Crippen molar-refractivity contribution in [3.05, 3.63) is 127 Å². The molecule has 11 heteroatoms. The van der Waals surface area contributed by atoms with Crippen molar-refractivity contribution in [2.24, 2.45) is 0 Å². The van der Waals surface area contributed by atoms with Crippen molar-refractivity contribution < 1.29 is 37.9 Å². The summed E-state index contributed by atoms with van der Waals surface area (Å²) in [6.45, 7) is 30.0. The van der Waals surface area contributed by atoms with Gasteiger partial charge in [-0.1, -0.05) is 105 Å². The lowest BCUT2D eigenvalue weighted by Gasteiger charge is -2.27. The van der Waals surface area contributed by atoms with Gasteiger partial charge in [0.15, 0.2) is 23.0 Å². The average molecular weight is 1160 g/mol. The van der Waals surface area contributed by atoms with E-state index in [1.54, 1.807) is 56.9 Å². The Kier molecular flexibility index (Phi) is 38.7. The van der Waals surface area contributed by atoms with E-state index in [1.165, 1.54) is 63.0 Å². The highest BCUT2D eigenvalue weighted by molar-refractivity contribution is 5.85. The van der Waals surface area contributed by atoms with Crippen LogP contribution in [0.5, 0.6) is 46.0 Å². The fourth-order valence-electron chi connectivity index (χ4n) is 10.1. The van der Waals surface area contributed by atoms with Gasteiger partial charge in [-0.15, -0.1) is 12.4 Å². The first-order chi connectivity index (χ1) is 38.8. The molecule has 462 valence electrons. The van der Waals surface area contributed by atoms with Crippen LogP contribution >= 0.6 is 12.4 Å². The lowest BCUT2D eigenvalue weighted by Crippen LogP contribution is -2.32. The van der Waals surface area contributed by atoms with Crippen LogP contribution in [-0.4, -0.2) is 81.4 Å². The molecule has 0 aromatic heterocycles. The normalized spacial score (nSPS) is 13.1. The van der Waals surface area contributed by atoms with Crippen LogP contribution in [0.4, 0.5) is 0 Å². The van der Waals surface area contributed by atoms with Gasteiger partial charge >= 0.3 is 0 Å². The number of hydrogen-bond acceptors (Lipinski definition) is 10. The molecule has 0 heterocycles. The molecule has 0 saturated carbocycles. The second-order valence-corrected chi connectivity index (χ2v) is 22.4. The molecule has 0 atom stereocenters. The van der Waals surface area contributed by atoms with Gasteiger partial charge in [-0.2, -0.15) is 0 Å². The van der Waals surface area contributed by atoms with Gasteiger partial charge in [0, 0.05) is 55.0 Å². The van der Waals surface area contributed by atoms with E-state index in [2.05, 4.69) is 134 Å². The number of hydrogen-bond donors (Lipinski definition) is 1. The van der Waals surface area contributed by atoms with Crippen LogP contribution in [-0.2, 0) is 13.1 Å². The summed E-state index contributed by atoms with van der Waals surface area (Å²) in [7, 11) is 13.1. The van der Waals surface area contributed by atoms with Crippen LogP contribution in [0.25, 0.3) is 0 Å². The van der Waals surface area contributed by atoms with Crippen LogP contribution in [0.3, 0.4) is 0 Å². The van der Waals surface area contributed by atoms with E-state index >= 15 is 0 Å².